The van der Waals surface area contributed by atoms with Gasteiger partial charge in [-0.15, -0.1) is 10.2 Å². The normalized spacial score (nSPS) is 11.3. The monoisotopic (exact) mass is 405 g/mol. The van der Waals surface area contributed by atoms with E-state index in [9.17, 15) is 18.0 Å². The summed E-state index contributed by atoms with van der Waals surface area (Å²) in [5.74, 6) is 0.445. The van der Waals surface area contributed by atoms with E-state index in [0.29, 0.717) is 13.0 Å². The third kappa shape index (κ3) is 5.53. The van der Waals surface area contributed by atoms with Gasteiger partial charge in [0, 0.05) is 12.1 Å². The van der Waals surface area contributed by atoms with Crippen molar-refractivity contribution in [2.75, 3.05) is 13.7 Å². The Bertz CT molecular complexity index is 970. The SMILES string of the molecule is COc1ccc(CCNC(=O)Cn2nnc(-c3cccc(C(F)(F)F)c3)n2)cc1. The fraction of sp³-hybridized carbons (Fsp3) is 0.263. The Balaban J connectivity index is 1.53. The predicted octanol–water partition coefficient (Wildman–Crippen LogP) is 2.73. The van der Waals surface area contributed by atoms with E-state index in [1.165, 1.54) is 12.1 Å². The topological polar surface area (TPSA) is 81.9 Å². The number of nitrogens with one attached hydrogen (secondary N) is 1. The lowest BCUT2D eigenvalue weighted by Gasteiger charge is -2.06. The van der Waals surface area contributed by atoms with Gasteiger partial charge in [0.15, 0.2) is 0 Å². The van der Waals surface area contributed by atoms with Crippen molar-refractivity contribution in [2.45, 2.75) is 19.1 Å². The van der Waals surface area contributed by atoms with Gasteiger partial charge < -0.3 is 10.1 Å². The summed E-state index contributed by atoms with van der Waals surface area (Å²) in [7, 11) is 1.59. The number of carbonyl (C=O) groups excluding carboxylic acids is 1. The Morgan fingerprint density at radius 2 is 1.93 bits per heavy atom. The highest BCUT2D eigenvalue weighted by atomic mass is 19.4. The first-order valence-corrected chi connectivity index (χ1v) is 8.70. The van der Waals surface area contributed by atoms with Crippen LogP contribution in [0.1, 0.15) is 11.1 Å². The summed E-state index contributed by atoms with van der Waals surface area (Å²) < 4.78 is 43.5. The molecule has 0 saturated carbocycles. The van der Waals surface area contributed by atoms with Crippen LogP contribution in [0.15, 0.2) is 48.5 Å². The largest absolute Gasteiger partial charge is 0.497 e. The summed E-state index contributed by atoms with van der Waals surface area (Å²) in [4.78, 5) is 13.1. The number of halogens is 3. The molecule has 1 N–H and O–H groups in total. The number of aromatic nitrogens is 4. The van der Waals surface area contributed by atoms with Crippen LogP contribution >= 0.6 is 0 Å². The Labute approximate surface area is 164 Å². The Morgan fingerprint density at radius 1 is 1.17 bits per heavy atom. The number of ether oxygens (including phenoxy) is 1. The number of alkyl halides is 3. The van der Waals surface area contributed by atoms with Crippen LogP contribution in [-0.4, -0.2) is 39.8 Å². The maximum atomic E-state index is 12.8. The summed E-state index contributed by atoms with van der Waals surface area (Å²) in [6.07, 6.45) is -3.83. The molecular formula is C19H18F3N5O2. The maximum absolute atomic E-state index is 12.8. The number of nitrogens with zero attached hydrogens (tertiary/aromatic N) is 4. The molecule has 10 heteroatoms. The third-order valence-corrected chi connectivity index (χ3v) is 4.08. The van der Waals surface area contributed by atoms with Crippen LogP contribution in [0.25, 0.3) is 11.4 Å². The van der Waals surface area contributed by atoms with Crippen LogP contribution < -0.4 is 10.1 Å². The molecule has 0 aliphatic heterocycles. The summed E-state index contributed by atoms with van der Waals surface area (Å²) in [5.41, 5.74) is 0.408. The van der Waals surface area contributed by atoms with Crippen LogP contribution in [-0.2, 0) is 23.9 Å². The molecule has 3 aromatic rings. The van der Waals surface area contributed by atoms with E-state index < -0.39 is 11.7 Å². The van der Waals surface area contributed by atoms with Crippen LogP contribution in [0.2, 0.25) is 0 Å². The number of carbonyl (C=O) groups is 1. The number of methoxy groups -OCH3 is 1. The molecule has 0 atom stereocenters. The quantitative estimate of drug-likeness (QED) is 0.654. The Kier molecular flexibility index (Phi) is 6.10. The average Bonchev–Trinajstić information content (AvgIpc) is 3.16. The second kappa shape index (κ2) is 8.72. The highest BCUT2D eigenvalue weighted by molar-refractivity contribution is 5.75. The van der Waals surface area contributed by atoms with Crippen molar-refractivity contribution >= 4 is 5.91 Å². The summed E-state index contributed by atoms with van der Waals surface area (Å²) in [6.45, 7) is 0.231. The molecule has 1 aromatic heterocycles. The molecular weight excluding hydrogens is 387 g/mol. The number of hydrogen-bond donors (Lipinski definition) is 1. The second-order valence-electron chi connectivity index (χ2n) is 6.17. The van der Waals surface area contributed by atoms with Crippen molar-refractivity contribution in [1.29, 1.82) is 0 Å². The number of tetrazole rings is 1. The summed E-state index contributed by atoms with van der Waals surface area (Å²) in [5, 5.41) is 14.2. The third-order valence-electron chi connectivity index (χ3n) is 4.08. The molecule has 0 bridgehead atoms. The highest BCUT2D eigenvalue weighted by Crippen LogP contribution is 2.31. The number of hydrogen-bond acceptors (Lipinski definition) is 5. The molecule has 0 saturated heterocycles. The molecule has 0 fully saturated rings. The van der Waals surface area contributed by atoms with E-state index >= 15 is 0 Å². The smallest absolute Gasteiger partial charge is 0.416 e. The number of rotatable bonds is 7. The first kappa shape index (κ1) is 20.3. The zero-order valence-electron chi connectivity index (χ0n) is 15.5. The molecule has 7 nitrogen and oxygen atoms in total. The lowest BCUT2D eigenvalue weighted by Crippen LogP contribution is -2.30. The Hall–Kier alpha value is -3.43. The molecule has 1 heterocycles. The van der Waals surface area contributed by atoms with Crippen LogP contribution in [0.4, 0.5) is 13.2 Å². The van der Waals surface area contributed by atoms with Crippen molar-refractivity contribution in [1.82, 2.24) is 25.5 Å². The van der Waals surface area contributed by atoms with Gasteiger partial charge in [0.25, 0.3) is 0 Å². The molecule has 0 aliphatic rings. The minimum absolute atomic E-state index is 0.0159. The van der Waals surface area contributed by atoms with Crippen molar-refractivity contribution in [2.24, 2.45) is 0 Å². The van der Waals surface area contributed by atoms with Crippen molar-refractivity contribution < 1.29 is 22.7 Å². The second-order valence-corrected chi connectivity index (χ2v) is 6.17. The van der Waals surface area contributed by atoms with Crippen molar-refractivity contribution in [3.05, 3.63) is 59.7 Å². The van der Waals surface area contributed by atoms with Crippen LogP contribution in [0.3, 0.4) is 0 Å². The van der Waals surface area contributed by atoms with Gasteiger partial charge in [-0.3, -0.25) is 4.79 Å². The van der Waals surface area contributed by atoms with Gasteiger partial charge in [-0.1, -0.05) is 24.3 Å². The van der Waals surface area contributed by atoms with Crippen LogP contribution in [0.5, 0.6) is 5.75 Å². The van der Waals surface area contributed by atoms with Gasteiger partial charge in [-0.25, -0.2) is 0 Å². The number of amides is 1. The van der Waals surface area contributed by atoms with E-state index in [1.54, 1.807) is 7.11 Å². The van der Waals surface area contributed by atoms with Gasteiger partial charge in [-0.05, 0) is 41.5 Å². The zero-order valence-corrected chi connectivity index (χ0v) is 15.5. The van der Waals surface area contributed by atoms with Crippen molar-refractivity contribution in [3.63, 3.8) is 0 Å². The van der Waals surface area contributed by atoms with Gasteiger partial charge in [0.05, 0.1) is 12.7 Å². The van der Waals surface area contributed by atoms with Gasteiger partial charge in [0.2, 0.25) is 11.7 Å². The zero-order chi connectivity index (χ0) is 20.9. The standard InChI is InChI=1S/C19H18F3N5O2/c1-29-16-7-5-13(6-8-16)9-10-23-17(28)12-27-25-18(24-26-27)14-3-2-4-15(11-14)19(20,21)22/h2-8,11H,9-10,12H2,1H3,(H,23,28). The first-order valence-electron chi connectivity index (χ1n) is 8.70. The van der Waals surface area contributed by atoms with E-state index in [2.05, 4.69) is 20.7 Å². The maximum Gasteiger partial charge on any atom is 0.416 e. The minimum Gasteiger partial charge on any atom is -0.497 e. The average molecular weight is 405 g/mol. The summed E-state index contributed by atoms with van der Waals surface area (Å²) in [6, 6.07) is 12.1. The molecule has 152 valence electrons. The number of benzene rings is 2. The lowest BCUT2D eigenvalue weighted by molar-refractivity contribution is -0.137. The lowest BCUT2D eigenvalue weighted by atomic mass is 10.1. The molecule has 29 heavy (non-hydrogen) atoms. The predicted molar refractivity (Wildman–Crippen MR) is 98.0 cm³/mol. The molecule has 0 spiro atoms. The van der Waals surface area contributed by atoms with Gasteiger partial charge in [0.1, 0.15) is 12.3 Å². The molecule has 2 aromatic carbocycles. The molecule has 0 aliphatic carbocycles. The molecule has 0 radical (unpaired) electrons. The van der Waals surface area contributed by atoms with E-state index in [1.807, 2.05) is 24.3 Å². The van der Waals surface area contributed by atoms with E-state index in [4.69, 9.17) is 4.74 Å². The molecule has 1 amide bonds. The fourth-order valence-electron chi connectivity index (χ4n) is 2.58. The van der Waals surface area contributed by atoms with E-state index in [0.717, 1.165) is 28.2 Å². The summed E-state index contributed by atoms with van der Waals surface area (Å²) >= 11 is 0. The fourth-order valence-corrected chi connectivity index (χ4v) is 2.58. The van der Waals surface area contributed by atoms with E-state index in [-0.39, 0.29) is 23.8 Å². The first-order chi connectivity index (χ1) is 13.8. The van der Waals surface area contributed by atoms with Gasteiger partial charge >= 0.3 is 6.18 Å². The van der Waals surface area contributed by atoms with Gasteiger partial charge in [-0.2, -0.15) is 18.0 Å². The van der Waals surface area contributed by atoms with Crippen LogP contribution in [0, 0.1) is 0 Å². The molecule has 0 unspecified atom stereocenters. The molecule has 3 rings (SSSR count). The highest BCUT2D eigenvalue weighted by Gasteiger charge is 2.30. The Morgan fingerprint density at radius 3 is 2.62 bits per heavy atom. The minimum atomic E-state index is -4.46. The van der Waals surface area contributed by atoms with Crippen molar-refractivity contribution in [3.8, 4) is 17.1 Å².